The van der Waals surface area contributed by atoms with Gasteiger partial charge in [-0.3, -0.25) is 4.55 Å². The summed E-state index contributed by atoms with van der Waals surface area (Å²) in [4.78, 5) is 0. The molecule has 3 nitrogen and oxygen atoms in total. The minimum atomic E-state index is -6.57. The van der Waals surface area contributed by atoms with Crippen molar-refractivity contribution in [1.82, 2.24) is 0 Å². The molecule has 0 aliphatic rings. The van der Waals surface area contributed by atoms with Gasteiger partial charge in [-0.2, -0.15) is 26.0 Å². The first-order chi connectivity index (χ1) is 22.6. The highest BCUT2D eigenvalue weighted by Crippen LogP contribution is 2.50. The summed E-state index contributed by atoms with van der Waals surface area (Å²) >= 11 is 0. The number of aryl methyl sites for hydroxylation is 1. The third-order valence-electron chi connectivity index (χ3n) is 8.51. The third kappa shape index (κ3) is 5.95. The summed E-state index contributed by atoms with van der Waals surface area (Å²) in [7, 11) is -6.57. The van der Waals surface area contributed by atoms with Gasteiger partial charge < -0.3 is 0 Å². The van der Waals surface area contributed by atoms with Gasteiger partial charge in [0.05, 0.1) is 0 Å². The van der Waals surface area contributed by atoms with Crippen LogP contribution in [0.15, 0.2) is 115 Å². The van der Waals surface area contributed by atoms with Crippen LogP contribution in [0.1, 0.15) is 16.7 Å². The van der Waals surface area contributed by atoms with Crippen molar-refractivity contribution in [2.24, 2.45) is 0 Å². The molecule has 0 aliphatic heterocycles. The lowest BCUT2D eigenvalue weighted by Crippen LogP contribution is -2.51. The van der Waals surface area contributed by atoms with Crippen LogP contribution in [0.3, 0.4) is 0 Å². The second-order valence-electron chi connectivity index (χ2n) is 11.3. The zero-order valence-electron chi connectivity index (χ0n) is 26.0. The van der Waals surface area contributed by atoms with Crippen molar-refractivity contribution in [2.75, 3.05) is 0 Å². The van der Waals surface area contributed by atoms with Gasteiger partial charge in [-0.1, -0.05) is 115 Å². The van der Waals surface area contributed by atoms with Crippen LogP contribution < -0.4 is 0 Å². The van der Waals surface area contributed by atoms with E-state index in [0.717, 1.165) is 0 Å². The molecule has 0 radical (unpaired) electrons. The highest BCUT2D eigenvalue weighted by Gasteiger charge is 2.70. The first-order valence-corrected chi connectivity index (χ1v) is 16.2. The lowest BCUT2D eigenvalue weighted by molar-refractivity contribution is -0.227. The van der Waals surface area contributed by atoms with E-state index in [-0.39, 0.29) is 0 Å². The maximum atomic E-state index is 11.9. The Morgan fingerprint density at radius 2 is 0.875 bits per heavy atom. The van der Waals surface area contributed by atoms with E-state index < -0.39 is 27.7 Å². The maximum absolute atomic E-state index is 11.9. The second-order valence-corrected chi connectivity index (χ2v) is 12.8. The fraction of sp³-hybridized carbons (Fsp3) is 0.158. The van der Waals surface area contributed by atoms with Crippen LogP contribution in [-0.4, -0.2) is 30.6 Å². The van der Waals surface area contributed by atoms with Crippen molar-refractivity contribution in [3.05, 3.63) is 132 Å². The van der Waals surface area contributed by atoms with Crippen LogP contribution in [0.25, 0.3) is 54.9 Å². The van der Waals surface area contributed by atoms with Crippen molar-refractivity contribution in [2.45, 2.75) is 38.4 Å². The molecule has 0 saturated heterocycles. The van der Waals surface area contributed by atoms with Crippen molar-refractivity contribution >= 4 is 31.7 Å². The highest BCUT2D eigenvalue weighted by molar-refractivity contribution is 7.87. The number of hydrogen-bond acceptors (Lipinski definition) is 2. The number of alkyl halides is 6. The van der Waals surface area contributed by atoms with Gasteiger partial charge in [0.2, 0.25) is 0 Å². The summed E-state index contributed by atoms with van der Waals surface area (Å²) < 4.78 is 96.5. The minimum Gasteiger partial charge on any atom is -0.281 e. The zero-order valence-corrected chi connectivity index (χ0v) is 26.8. The average Bonchev–Trinajstić information content (AvgIpc) is 3.07. The van der Waals surface area contributed by atoms with Crippen LogP contribution >= 0.6 is 0 Å². The number of fused-ring (bicyclic) bond motifs is 2. The molecule has 0 bridgehead atoms. The largest absolute Gasteiger partial charge is 0.437 e. The molecule has 10 heteroatoms. The zero-order chi connectivity index (χ0) is 35.0. The molecule has 0 amide bonds. The molecule has 0 saturated carbocycles. The highest BCUT2D eigenvalue weighted by atomic mass is 32.2. The predicted octanol–water partition coefficient (Wildman–Crippen LogP) is 11.3. The van der Waals surface area contributed by atoms with Gasteiger partial charge in [0, 0.05) is 0 Å². The van der Waals surface area contributed by atoms with E-state index in [9.17, 15) is 34.8 Å². The smallest absolute Gasteiger partial charge is 0.281 e. The van der Waals surface area contributed by atoms with Gasteiger partial charge in [-0.15, -0.1) is 0 Å². The first-order valence-electron chi connectivity index (χ1n) is 14.8. The molecule has 0 atom stereocenters. The van der Waals surface area contributed by atoms with Crippen molar-refractivity contribution in [3.63, 3.8) is 0 Å². The SMILES string of the molecule is Cc1c(C)c(-c2ccccc2)c2c(-c3ccccc3)c3ccccc3c(-c3ccccc3)c2c1C.O=S(=O)(O)C(F)(F)C(F)(F)C(F)F. The predicted molar refractivity (Wildman–Crippen MR) is 179 cm³/mol. The molecule has 0 spiro atoms. The van der Waals surface area contributed by atoms with E-state index in [4.69, 9.17) is 4.55 Å². The van der Waals surface area contributed by atoms with Gasteiger partial charge in [0.25, 0.3) is 0 Å². The first kappa shape index (κ1) is 34.7. The molecule has 48 heavy (non-hydrogen) atoms. The van der Waals surface area contributed by atoms with Crippen molar-refractivity contribution in [1.29, 1.82) is 0 Å². The Morgan fingerprint density at radius 3 is 1.23 bits per heavy atom. The Labute approximate surface area is 274 Å². The Balaban J connectivity index is 0.000000296. The van der Waals surface area contributed by atoms with Crippen LogP contribution in [0.4, 0.5) is 26.3 Å². The molecule has 6 aromatic carbocycles. The molecule has 0 heterocycles. The minimum absolute atomic E-state index is 1.26. The standard InChI is InChI=1S/C35H28.C3H2F6O3S/c1-23-24(2)31(26-15-7-4-8-16-26)35-32(25(23)3)33(27-17-9-5-10-18-27)29-21-13-14-22-30(29)34(35)28-19-11-6-12-20-28;4-1(5)2(6,7)3(8,9)13(10,11)12/h4-22H,1-3H3;1H,(H,10,11,12). The molecular formula is C38H30F6O3S. The van der Waals surface area contributed by atoms with Gasteiger partial charge in [-0.05, 0) is 92.4 Å². The Hall–Kier alpha value is -4.67. The molecule has 0 aromatic heterocycles. The summed E-state index contributed by atoms with van der Waals surface area (Å²) in [5.74, 6) is -6.12. The summed E-state index contributed by atoms with van der Waals surface area (Å²) in [6, 6.07) is 41.6. The van der Waals surface area contributed by atoms with Gasteiger partial charge >= 0.3 is 27.7 Å². The van der Waals surface area contributed by atoms with Crippen LogP contribution in [-0.2, 0) is 10.1 Å². The van der Waals surface area contributed by atoms with E-state index in [1.807, 2.05) is 0 Å². The molecule has 0 unspecified atom stereocenters. The molecule has 6 rings (SSSR count). The lowest BCUT2D eigenvalue weighted by atomic mass is 9.78. The monoisotopic (exact) mass is 680 g/mol. The summed E-state index contributed by atoms with van der Waals surface area (Å²) in [6.45, 7) is 6.87. The molecule has 1 N–H and O–H groups in total. The summed E-state index contributed by atoms with van der Waals surface area (Å²) in [5.41, 5.74) is 11.9. The van der Waals surface area contributed by atoms with E-state index >= 15 is 0 Å². The van der Waals surface area contributed by atoms with Crippen LogP contribution in [0.5, 0.6) is 0 Å². The quantitative estimate of drug-likeness (QED) is 0.108. The molecule has 6 aromatic rings. The fourth-order valence-electron chi connectivity index (χ4n) is 5.98. The molecule has 248 valence electrons. The van der Waals surface area contributed by atoms with E-state index in [0.29, 0.717) is 0 Å². The molecule has 0 aliphatic carbocycles. The summed E-state index contributed by atoms with van der Waals surface area (Å²) in [5, 5.41) is -0.898. The number of halogens is 6. The van der Waals surface area contributed by atoms with Crippen LogP contribution in [0, 0.1) is 20.8 Å². The molecular weight excluding hydrogens is 650 g/mol. The van der Waals surface area contributed by atoms with Crippen molar-refractivity contribution in [3.8, 4) is 33.4 Å². The topological polar surface area (TPSA) is 54.4 Å². The lowest BCUT2D eigenvalue weighted by Gasteiger charge is -2.25. The summed E-state index contributed by atoms with van der Waals surface area (Å²) in [6.07, 6.45) is -4.90. The Morgan fingerprint density at radius 1 is 0.521 bits per heavy atom. The Kier molecular flexibility index (Phi) is 9.45. The normalized spacial score (nSPS) is 12.3. The molecule has 0 fully saturated rings. The van der Waals surface area contributed by atoms with E-state index in [2.05, 4.69) is 136 Å². The van der Waals surface area contributed by atoms with Gasteiger partial charge in [0.1, 0.15) is 0 Å². The van der Waals surface area contributed by atoms with Crippen molar-refractivity contribution < 1.29 is 39.3 Å². The number of hydrogen-bond donors (Lipinski definition) is 1. The van der Waals surface area contributed by atoms with E-state index in [1.165, 1.54) is 71.6 Å². The van der Waals surface area contributed by atoms with Gasteiger partial charge in [0.15, 0.2) is 0 Å². The van der Waals surface area contributed by atoms with Gasteiger partial charge in [-0.25, -0.2) is 8.78 Å². The number of rotatable bonds is 6. The maximum Gasteiger partial charge on any atom is 0.437 e. The Bertz CT molecular complexity index is 2210. The fourth-order valence-corrected chi connectivity index (χ4v) is 6.41. The van der Waals surface area contributed by atoms with Crippen LogP contribution in [0.2, 0.25) is 0 Å². The number of benzene rings is 6. The third-order valence-corrected chi connectivity index (χ3v) is 9.43. The average molecular weight is 681 g/mol. The second kappa shape index (κ2) is 13.1. The van der Waals surface area contributed by atoms with E-state index in [1.54, 1.807) is 0 Å².